The van der Waals surface area contributed by atoms with E-state index in [2.05, 4.69) is 17.0 Å². The van der Waals surface area contributed by atoms with Crippen LogP contribution in [0.2, 0.25) is 0 Å². The van der Waals surface area contributed by atoms with Gasteiger partial charge in [-0.3, -0.25) is 9.69 Å². The normalized spacial score (nSPS) is 20.9. The zero-order valence-corrected chi connectivity index (χ0v) is 11.1. The van der Waals surface area contributed by atoms with Gasteiger partial charge >= 0.3 is 0 Å². The number of benzene rings is 1. The Balaban J connectivity index is 1.76. The molecular formula is C16H21NO. The van der Waals surface area contributed by atoms with Crippen molar-refractivity contribution in [1.29, 1.82) is 0 Å². The molecule has 1 saturated carbocycles. The molecule has 0 radical (unpaired) electrons. The van der Waals surface area contributed by atoms with Gasteiger partial charge < -0.3 is 0 Å². The van der Waals surface area contributed by atoms with E-state index >= 15 is 0 Å². The number of carbonyl (C=O) groups excluding carboxylic acids is 1. The Kier molecular flexibility index (Phi) is 3.21. The minimum atomic E-state index is 0.175. The van der Waals surface area contributed by atoms with Gasteiger partial charge in [0.05, 0.1) is 0 Å². The lowest BCUT2D eigenvalue weighted by molar-refractivity contribution is 0.101. The van der Waals surface area contributed by atoms with E-state index in [9.17, 15) is 4.79 Å². The van der Waals surface area contributed by atoms with E-state index in [-0.39, 0.29) is 5.78 Å². The van der Waals surface area contributed by atoms with Gasteiger partial charge in [0.1, 0.15) is 0 Å². The first-order valence-corrected chi connectivity index (χ1v) is 7.11. The lowest BCUT2D eigenvalue weighted by atomic mass is 9.94. The van der Waals surface area contributed by atoms with Gasteiger partial charge in [-0.2, -0.15) is 0 Å². The van der Waals surface area contributed by atoms with Crippen molar-refractivity contribution in [2.45, 2.75) is 58.2 Å². The molecule has 1 aromatic rings. The summed E-state index contributed by atoms with van der Waals surface area (Å²) >= 11 is 0. The third kappa shape index (κ3) is 2.22. The molecule has 0 spiro atoms. The van der Waals surface area contributed by atoms with Crippen molar-refractivity contribution < 1.29 is 4.79 Å². The van der Waals surface area contributed by atoms with Crippen molar-refractivity contribution >= 4 is 5.78 Å². The average molecular weight is 243 g/mol. The molecule has 2 heteroatoms. The Morgan fingerprint density at radius 3 is 2.56 bits per heavy atom. The monoisotopic (exact) mass is 243 g/mol. The molecule has 3 rings (SSSR count). The number of nitrogens with zero attached hydrogens (tertiary/aromatic N) is 1. The number of hydrogen-bond acceptors (Lipinski definition) is 2. The van der Waals surface area contributed by atoms with Gasteiger partial charge in [0, 0.05) is 24.7 Å². The SMILES string of the molecule is CC(=O)c1ccc2c(c1)CN(C1CCCCC1)C2. The second-order valence-corrected chi connectivity index (χ2v) is 5.74. The largest absolute Gasteiger partial charge is 0.295 e. The molecule has 2 aliphatic rings. The summed E-state index contributed by atoms with van der Waals surface area (Å²) in [6.45, 7) is 3.77. The third-order valence-electron chi connectivity index (χ3n) is 4.45. The molecule has 1 fully saturated rings. The molecule has 2 nitrogen and oxygen atoms in total. The maximum Gasteiger partial charge on any atom is 0.159 e. The lowest BCUT2D eigenvalue weighted by Gasteiger charge is -2.30. The second kappa shape index (κ2) is 4.85. The Hall–Kier alpha value is -1.15. The Morgan fingerprint density at radius 2 is 1.83 bits per heavy atom. The highest BCUT2D eigenvalue weighted by atomic mass is 16.1. The molecule has 18 heavy (non-hydrogen) atoms. The van der Waals surface area contributed by atoms with Crippen molar-refractivity contribution in [1.82, 2.24) is 4.90 Å². The van der Waals surface area contributed by atoms with Crippen LogP contribution in [0, 0.1) is 0 Å². The topological polar surface area (TPSA) is 20.3 Å². The highest BCUT2D eigenvalue weighted by Crippen LogP contribution is 2.31. The van der Waals surface area contributed by atoms with Crippen LogP contribution in [0.1, 0.15) is 60.5 Å². The highest BCUT2D eigenvalue weighted by Gasteiger charge is 2.27. The smallest absolute Gasteiger partial charge is 0.159 e. The summed E-state index contributed by atoms with van der Waals surface area (Å²) in [7, 11) is 0. The van der Waals surface area contributed by atoms with E-state index in [1.165, 1.54) is 43.2 Å². The van der Waals surface area contributed by atoms with E-state index < -0.39 is 0 Å². The van der Waals surface area contributed by atoms with Crippen LogP contribution in [-0.2, 0) is 13.1 Å². The first-order valence-electron chi connectivity index (χ1n) is 7.11. The molecule has 0 amide bonds. The fourth-order valence-corrected chi connectivity index (χ4v) is 3.34. The summed E-state index contributed by atoms with van der Waals surface area (Å²) in [6.07, 6.45) is 6.89. The van der Waals surface area contributed by atoms with Crippen molar-refractivity contribution in [3.63, 3.8) is 0 Å². The van der Waals surface area contributed by atoms with Gasteiger partial charge in [-0.25, -0.2) is 0 Å². The summed E-state index contributed by atoms with van der Waals surface area (Å²) in [4.78, 5) is 14.0. The summed E-state index contributed by atoms with van der Waals surface area (Å²) < 4.78 is 0. The zero-order chi connectivity index (χ0) is 12.5. The molecule has 0 aromatic heterocycles. The molecule has 1 aliphatic heterocycles. The van der Waals surface area contributed by atoms with Crippen LogP contribution in [-0.4, -0.2) is 16.7 Å². The first kappa shape index (κ1) is 11.9. The molecule has 0 saturated heterocycles. The van der Waals surface area contributed by atoms with Gasteiger partial charge in [-0.05, 0) is 37.0 Å². The molecule has 1 aliphatic carbocycles. The van der Waals surface area contributed by atoms with Crippen LogP contribution in [0.5, 0.6) is 0 Å². The maximum atomic E-state index is 11.4. The minimum Gasteiger partial charge on any atom is -0.295 e. The van der Waals surface area contributed by atoms with E-state index in [4.69, 9.17) is 0 Å². The van der Waals surface area contributed by atoms with Gasteiger partial charge in [0.15, 0.2) is 5.78 Å². The fraction of sp³-hybridized carbons (Fsp3) is 0.562. The Morgan fingerprint density at radius 1 is 1.11 bits per heavy atom. The molecule has 1 heterocycles. The second-order valence-electron chi connectivity index (χ2n) is 5.74. The Labute approximate surface area is 109 Å². The minimum absolute atomic E-state index is 0.175. The van der Waals surface area contributed by atoms with Crippen LogP contribution in [0.3, 0.4) is 0 Å². The summed E-state index contributed by atoms with van der Waals surface area (Å²) in [5.74, 6) is 0.175. The van der Waals surface area contributed by atoms with Crippen molar-refractivity contribution in [2.75, 3.05) is 0 Å². The van der Waals surface area contributed by atoms with E-state index in [0.29, 0.717) is 0 Å². The number of fused-ring (bicyclic) bond motifs is 1. The number of Topliss-reactive ketones (excluding diaryl/α,β-unsaturated/α-hetero) is 1. The van der Waals surface area contributed by atoms with Gasteiger partial charge in [-0.1, -0.05) is 31.4 Å². The van der Waals surface area contributed by atoms with Crippen molar-refractivity contribution in [3.8, 4) is 0 Å². The van der Waals surface area contributed by atoms with Gasteiger partial charge in [0.2, 0.25) is 0 Å². The van der Waals surface area contributed by atoms with Crippen LogP contribution >= 0.6 is 0 Å². The predicted molar refractivity (Wildman–Crippen MR) is 72.6 cm³/mol. The highest BCUT2D eigenvalue weighted by molar-refractivity contribution is 5.94. The number of hydrogen-bond donors (Lipinski definition) is 0. The summed E-state index contributed by atoms with van der Waals surface area (Å²) in [5.41, 5.74) is 3.65. The molecule has 0 bridgehead atoms. The predicted octanol–water partition coefficient (Wildman–Crippen LogP) is 3.54. The van der Waals surface area contributed by atoms with Gasteiger partial charge in [-0.15, -0.1) is 0 Å². The maximum absolute atomic E-state index is 11.4. The molecule has 96 valence electrons. The van der Waals surface area contributed by atoms with Crippen LogP contribution in [0.25, 0.3) is 0 Å². The number of carbonyl (C=O) groups is 1. The first-order chi connectivity index (χ1) is 8.74. The van der Waals surface area contributed by atoms with E-state index in [0.717, 1.165) is 24.7 Å². The average Bonchev–Trinajstić information content (AvgIpc) is 2.82. The number of rotatable bonds is 2. The van der Waals surface area contributed by atoms with Crippen LogP contribution in [0.15, 0.2) is 18.2 Å². The van der Waals surface area contributed by atoms with Crippen LogP contribution in [0.4, 0.5) is 0 Å². The van der Waals surface area contributed by atoms with E-state index in [1.807, 2.05) is 6.07 Å². The third-order valence-corrected chi connectivity index (χ3v) is 4.45. The van der Waals surface area contributed by atoms with E-state index in [1.54, 1.807) is 6.92 Å². The van der Waals surface area contributed by atoms with Crippen LogP contribution < -0.4 is 0 Å². The van der Waals surface area contributed by atoms with Gasteiger partial charge in [0.25, 0.3) is 0 Å². The summed E-state index contributed by atoms with van der Waals surface area (Å²) in [5, 5.41) is 0. The molecule has 0 atom stereocenters. The zero-order valence-electron chi connectivity index (χ0n) is 11.1. The lowest BCUT2D eigenvalue weighted by Crippen LogP contribution is -2.32. The molecule has 1 aromatic carbocycles. The van der Waals surface area contributed by atoms with Crippen molar-refractivity contribution in [3.05, 3.63) is 34.9 Å². The number of ketones is 1. The summed E-state index contributed by atoms with van der Waals surface area (Å²) in [6, 6.07) is 6.99. The van der Waals surface area contributed by atoms with Crippen molar-refractivity contribution in [2.24, 2.45) is 0 Å². The molecule has 0 unspecified atom stereocenters. The Bertz CT molecular complexity index is 460. The molecular weight excluding hydrogens is 222 g/mol. The molecule has 0 N–H and O–H groups in total. The standard InChI is InChI=1S/C16H21NO/c1-12(18)13-7-8-14-10-17(11-15(14)9-13)16-5-3-2-4-6-16/h7-9,16H,2-6,10-11H2,1H3. The quantitative estimate of drug-likeness (QED) is 0.740. The fourth-order valence-electron chi connectivity index (χ4n) is 3.34.